The van der Waals surface area contributed by atoms with Gasteiger partial charge in [0.2, 0.25) is 0 Å². The van der Waals surface area contributed by atoms with Crippen LogP contribution in [-0.2, 0) is 12.8 Å². The average molecular weight is 380 g/mol. The van der Waals surface area contributed by atoms with E-state index in [1.165, 1.54) is 0 Å². The minimum atomic E-state index is -1.05. The highest BCUT2D eigenvalue weighted by atomic mass is 16.4. The molecule has 0 radical (unpaired) electrons. The van der Waals surface area contributed by atoms with Crippen molar-refractivity contribution >= 4 is 17.7 Å². The number of carbonyl (C=O) groups is 3. The van der Waals surface area contributed by atoms with Crippen molar-refractivity contribution < 1.29 is 24.6 Å². The average Bonchev–Trinajstić information content (AvgIpc) is 2.96. The molecule has 5 nitrogen and oxygen atoms in total. The fraction of sp³-hybridized carbons (Fsp3) is 0.348. The summed E-state index contributed by atoms with van der Waals surface area (Å²) in [7, 11) is 0. The summed E-state index contributed by atoms with van der Waals surface area (Å²) < 4.78 is 0. The number of ketones is 1. The van der Waals surface area contributed by atoms with E-state index in [9.17, 15) is 24.6 Å². The molecule has 2 N–H and O–H groups in total. The van der Waals surface area contributed by atoms with Gasteiger partial charge in [-0.1, -0.05) is 38.8 Å². The summed E-state index contributed by atoms with van der Waals surface area (Å²) in [6.45, 7) is 4.03. The first-order valence-electron chi connectivity index (χ1n) is 9.75. The molecule has 0 spiro atoms. The van der Waals surface area contributed by atoms with Crippen LogP contribution in [0, 0.1) is 0 Å². The van der Waals surface area contributed by atoms with Gasteiger partial charge in [-0.3, -0.25) is 4.79 Å². The highest BCUT2D eigenvalue weighted by molar-refractivity contribution is 6.24. The van der Waals surface area contributed by atoms with Crippen molar-refractivity contribution in [3.8, 4) is 11.1 Å². The molecule has 0 unspecified atom stereocenters. The van der Waals surface area contributed by atoms with Crippen LogP contribution in [-0.4, -0.2) is 27.9 Å². The van der Waals surface area contributed by atoms with Crippen molar-refractivity contribution in [1.82, 2.24) is 0 Å². The lowest BCUT2D eigenvalue weighted by molar-refractivity contribution is 0.0684. The summed E-state index contributed by atoms with van der Waals surface area (Å²) in [5.41, 5.74) is 3.73. The Kier molecular flexibility index (Phi) is 5.63. The minimum absolute atomic E-state index is 0.155. The molecule has 2 aromatic carbocycles. The third kappa shape index (κ3) is 3.21. The number of carboxylic acid groups (broad SMARTS) is 2. The van der Waals surface area contributed by atoms with Crippen molar-refractivity contribution in [3.05, 3.63) is 57.6 Å². The van der Waals surface area contributed by atoms with E-state index in [-0.39, 0.29) is 16.9 Å². The highest BCUT2D eigenvalue weighted by Crippen LogP contribution is 2.42. The second kappa shape index (κ2) is 7.97. The van der Waals surface area contributed by atoms with E-state index in [2.05, 4.69) is 0 Å². The molecule has 0 aromatic heterocycles. The third-order valence-corrected chi connectivity index (χ3v) is 5.39. The number of aromatic carboxylic acids is 2. The maximum Gasteiger partial charge on any atom is 0.335 e. The van der Waals surface area contributed by atoms with E-state index in [1.807, 2.05) is 13.8 Å². The Labute approximate surface area is 164 Å². The molecule has 0 atom stereocenters. The van der Waals surface area contributed by atoms with Gasteiger partial charge in [0.1, 0.15) is 0 Å². The summed E-state index contributed by atoms with van der Waals surface area (Å²) >= 11 is 0. The smallest absolute Gasteiger partial charge is 0.335 e. The number of hydrogen-bond donors (Lipinski definition) is 2. The van der Waals surface area contributed by atoms with Gasteiger partial charge in [-0.25, -0.2) is 9.59 Å². The van der Waals surface area contributed by atoms with Crippen LogP contribution in [0.5, 0.6) is 0 Å². The molecule has 0 aliphatic heterocycles. The maximum atomic E-state index is 13.4. The lowest BCUT2D eigenvalue weighted by Crippen LogP contribution is -2.12. The van der Waals surface area contributed by atoms with Crippen LogP contribution < -0.4 is 0 Å². The number of carboxylic acids is 2. The first kappa shape index (κ1) is 19.8. The van der Waals surface area contributed by atoms with Crippen LogP contribution in [0.25, 0.3) is 11.1 Å². The zero-order valence-electron chi connectivity index (χ0n) is 16.2. The lowest BCUT2D eigenvalue weighted by Gasteiger charge is -2.11. The van der Waals surface area contributed by atoms with Gasteiger partial charge in [0.25, 0.3) is 0 Å². The third-order valence-electron chi connectivity index (χ3n) is 5.39. The summed E-state index contributed by atoms with van der Waals surface area (Å²) in [5.74, 6) is -2.33. The number of unbranched alkanes of at least 4 members (excludes halogenated alkanes) is 2. The molecule has 5 heteroatoms. The van der Waals surface area contributed by atoms with E-state index in [4.69, 9.17) is 0 Å². The largest absolute Gasteiger partial charge is 0.478 e. The fourth-order valence-electron chi connectivity index (χ4n) is 4.02. The Morgan fingerprint density at radius 1 is 0.750 bits per heavy atom. The van der Waals surface area contributed by atoms with Crippen LogP contribution in [0.3, 0.4) is 0 Å². The van der Waals surface area contributed by atoms with Gasteiger partial charge in [-0.05, 0) is 60.1 Å². The normalized spacial score (nSPS) is 12.0. The number of rotatable bonds is 8. The second-order valence-electron chi connectivity index (χ2n) is 7.18. The number of carbonyl (C=O) groups excluding carboxylic acids is 1. The standard InChI is InChI=1S/C23H24O5/c1-3-5-7-13-17(22(25)26)11-9-15-16-10-12-18(23(27)28)14(8-6-4-2)20(16)21(24)19(13)15/h9-12H,3-8H2,1-2H3,(H,25,26)(H,27,28). The van der Waals surface area contributed by atoms with E-state index >= 15 is 0 Å². The zero-order valence-corrected chi connectivity index (χ0v) is 16.2. The van der Waals surface area contributed by atoms with E-state index < -0.39 is 11.9 Å². The predicted molar refractivity (Wildman–Crippen MR) is 106 cm³/mol. The van der Waals surface area contributed by atoms with Gasteiger partial charge in [0.05, 0.1) is 11.1 Å². The highest BCUT2D eigenvalue weighted by Gasteiger charge is 2.34. The Hall–Kier alpha value is -2.95. The van der Waals surface area contributed by atoms with Gasteiger partial charge in [0.15, 0.2) is 5.78 Å². The first-order chi connectivity index (χ1) is 13.4. The quantitative estimate of drug-likeness (QED) is 0.575. The topological polar surface area (TPSA) is 91.7 Å². The molecule has 3 rings (SSSR count). The van der Waals surface area contributed by atoms with Crippen molar-refractivity contribution in [3.63, 3.8) is 0 Å². The number of hydrogen-bond acceptors (Lipinski definition) is 3. The Morgan fingerprint density at radius 3 is 1.46 bits per heavy atom. The second-order valence-corrected chi connectivity index (χ2v) is 7.18. The van der Waals surface area contributed by atoms with Gasteiger partial charge < -0.3 is 10.2 Å². The van der Waals surface area contributed by atoms with Crippen molar-refractivity contribution in [1.29, 1.82) is 0 Å². The summed E-state index contributed by atoms with van der Waals surface area (Å²) in [4.78, 5) is 36.9. The number of benzene rings is 2. The molecule has 28 heavy (non-hydrogen) atoms. The van der Waals surface area contributed by atoms with E-state index in [0.717, 1.165) is 25.7 Å². The van der Waals surface area contributed by atoms with Crippen molar-refractivity contribution in [2.45, 2.75) is 52.4 Å². The van der Waals surface area contributed by atoms with E-state index in [1.54, 1.807) is 24.3 Å². The molecule has 1 aliphatic carbocycles. The minimum Gasteiger partial charge on any atom is -0.478 e. The van der Waals surface area contributed by atoms with Gasteiger partial charge in [-0.2, -0.15) is 0 Å². The summed E-state index contributed by atoms with van der Waals surface area (Å²) in [6, 6.07) is 6.49. The first-order valence-corrected chi connectivity index (χ1v) is 9.75. The zero-order chi connectivity index (χ0) is 20.4. The van der Waals surface area contributed by atoms with Crippen molar-refractivity contribution in [2.75, 3.05) is 0 Å². The molecule has 0 saturated heterocycles. The summed E-state index contributed by atoms with van der Waals surface area (Å²) in [6.07, 6.45) is 4.35. The van der Waals surface area contributed by atoms with Crippen molar-refractivity contribution in [2.24, 2.45) is 0 Å². The van der Waals surface area contributed by atoms with Crippen LogP contribution in [0.4, 0.5) is 0 Å². The lowest BCUT2D eigenvalue weighted by atomic mass is 9.91. The Bertz CT molecular complexity index is 894. The molecule has 146 valence electrons. The Morgan fingerprint density at radius 2 is 1.14 bits per heavy atom. The molecule has 0 saturated carbocycles. The molecule has 2 aromatic rings. The molecule has 1 aliphatic rings. The Balaban J connectivity index is 2.26. The molecular weight excluding hydrogens is 356 g/mol. The molecule has 0 bridgehead atoms. The molecular formula is C23H24O5. The van der Waals surface area contributed by atoms with Gasteiger partial charge in [-0.15, -0.1) is 0 Å². The molecule has 0 heterocycles. The summed E-state index contributed by atoms with van der Waals surface area (Å²) in [5, 5.41) is 19.2. The van der Waals surface area contributed by atoms with Crippen LogP contribution in [0.2, 0.25) is 0 Å². The number of fused-ring (bicyclic) bond motifs is 3. The molecule has 0 amide bonds. The SMILES string of the molecule is CCCCc1c(C(=O)O)ccc2c1C(=O)c1c-2ccc(C(=O)O)c1CCCC. The van der Waals surface area contributed by atoms with Crippen LogP contribution in [0.15, 0.2) is 24.3 Å². The van der Waals surface area contributed by atoms with Crippen LogP contribution >= 0.6 is 0 Å². The van der Waals surface area contributed by atoms with E-state index in [0.29, 0.717) is 46.2 Å². The fourth-order valence-corrected chi connectivity index (χ4v) is 4.02. The maximum absolute atomic E-state index is 13.4. The van der Waals surface area contributed by atoms with Gasteiger partial charge >= 0.3 is 11.9 Å². The van der Waals surface area contributed by atoms with Gasteiger partial charge in [0, 0.05) is 11.1 Å². The monoisotopic (exact) mass is 380 g/mol. The molecule has 0 fully saturated rings. The predicted octanol–water partition coefficient (Wildman–Crippen LogP) is 4.98. The van der Waals surface area contributed by atoms with Crippen LogP contribution in [0.1, 0.15) is 87.3 Å².